The number of hydrogen-bond donors (Lipinski definition) is 2. The topological polar surface area (TPSA) is 97.3 Å². The molecule has 0 unspecified atom stereocenters. The third-order valence-electron chi connectivity index (χ3n) is 5.28. The zero-order valence-electron chi connectivity index (χ0n) is 18.9. The van der Waals surface area contributed by atoms with Crippen molar-refractivity contribution in [3.05, 3.63) is 83.9 Å². The molecule has 174 valence electrons. The Morgan fingerprint density at radius 3 is 2.69 bits per heavy atom. The minimum absolute atomic E-state index is 0.193. The van der Waals surface area contributed by atoms with Gasteiger partial charge in [-0.2, -0.15) is 9.61 Å². The molecule has 5 rings (SSSR count). The molecule has 0 saturated carbocycles. The predicted molar refractivity (Wildman–Crippen MR) is 141 cm³/mol. The van der Waals surface area contributed by atoms with E-state index in [0.29, 0.717) is 5.76 Å². The number of rotatable bonds is 5. The summed E-state index contributed by atoms with van der Waals surface area (Å²) in [5, 5.41) is 19.5. The van der Waals surface area contributed by atoms with Gasteiger partial charge < -0.3 is 9.73 Å². The van der Waals surface area contributed by atoms with E-state index < -0.39 is 0 Å². The largest absolute Gasteiger partial charge is 0.457 e. The number of carbonyl (C=O) groups excluding carboxylic acids is 1. The van der Waals surface area contributed by atoms with E-state index in [9.17, 15) is 4.79 Å². The summed E-state index contributed by atoms with van der Waals surface area (Å²) in [6.07, 6.45) is 2.98. The maximum Gasteiger partial charge on any atom is 0.250 e. The third kappa shape index (κ3) is 4.88. The molecule has 2 aromatic carbocycles. The van der Waals surface area contributed by atoms with Gasteiger partial charge in [-0.3, -0.25) is 10.1 Å². The van der Waals surface area contributed by atoms with E-state index >= 15 is 0 Å². The Labute approximate surface area is 210 Å². The molecule has 2 N–H and O–H groups in total. The van der Waals surface area contributed by atoms with Gasteiger partial charge in [0.25, 0.3) is 0 Å². The maximum absolute atomic E-state index is 12.4. The Kier molecular flexibility index (Phi) is 6.21. The summed E-state index contributed by atoms with van der Waals surface area (Å²) in [4.78, 5) is 13.1. The second kappa shape index (κ2) is 9.61. The highest BCUT2D eigenvalue weighted by atomic mass is 32.1. The van der Waals surface area contributed by atoms with Gasteiger partial charge in [0.2, 0.25) is 10.9 Å². The van der Waals surface area contributed by atoms with Crippen LogP contribution in [-0.2, 0) is 4.79 Å². The van der Waals surface area contributed by atoms with Crippen molar-refractivity contribution in [1.82, 2.24) is 25.1 Å². The minimum atomic E-state index is -0.363. The lowest BCUT2D eigenvalue weighted by Crippen LogP contribution is -2.33. The quantitative estimate of drug-likeness (QED) is 0.251. The molecule has 5 aromatic rings. The number of carbonyl (C=O) groups is 1. The van der Waals surface area contributed by atoms with E-state index in [4.69, 9.17) is 16.6 Å². The van der Waals surface area contributed by atoms with Gasteiger partial charge in [0, 0.05) is 22.9 Å². The van der Waals surface area contributed by atoms with E-state index in [0.717, 1.165) is 43.9 Å². The van der Waals surface area contributed by atoms with Crippen molar-refractivity contribution >= 4 is 51.3 Å². The summed E-state index contributed by atoms with van der Waals surface area (Å²) >= 11 is 6.81. The SMILES string of the molecule is Cc1c(NC(=S)NC(=O)/C=C/c2ccc(-c3ccccc3)o2)cccc1-c1nn2c(C)nnc2s1. The lowest BCUT2D eigenvalue weighted by Gasteiger charge is -2.13. The Morgan fingerprint density at radius 1 is 1.06 bits per heavy atom. The normalized spacial score (nSPS) is 11.3. The van der Waals surface area contributed by atoms with Gasteiger partial charge >= 0.3 is 0 Å². The Bertz CT molecular complexity index is 1570. The van der Waals surface area contributed by atoms with Crippen LogP contribution in [-0.4, -0.2) is 30.8 Å². The van der Waals surface area contributed by atoms with Gasteiger partial charge in [0.05, 0.1) is 0 Å². The van der Waals surface area contributed by atoms with Crippen LogP contribution in [0.3, 0.4) is 0 Å². The Balaban J connectivity index is 1.23. The zero-order chi connectivity index (χ0) is 24.4. The van der Waals surface area contributed by atoms with Crippen molar-refractivity contribution in [2.24, 2.45) is 0 Å². The van der Waals surface area contributed by atoms with Gasteiger partial charge in [-0.15, -0.1) is 10.2 Å². The lowest BCUT2D eigenvalue weighted by molar-refractivity contribution is -0.115. The molecule has 0 aliphatic rings. The number of aromatic nitrogens is 4. The Hall–Kier alpha value is -4.15. The number of furan rings is 1. The number of nitrogens with zero attached hydrogens (tertiary/aromatic N) is 4. The molecule has 8 nitrogen and oxygen atoms in total. The summed E-state index contributed by atoms with van der Waals surface area (Å²) in [5.74, 6) is 1.68. The van der Waals surface area contributed by atoms with E-state index in [-0.39, 0.29) is 11.0 Å². The molecule has 0 spiro atoms. The molecule has 0 aliphatic heterocycles. The van der Waals surface area contributed by atoms with E-state index in [1.807, 2.05) is 74.5 Å². The summed E-state index contributed by atoms with van der Waals surface area (Å²) in [6, 6.07) is 19.2. The van der Waals surface area contributed by atoms with Crippen LogP contribution in [0.5, 0.6) is 0 Å². The van der Waals surface area contributed by atoms with Crippen LogP contribution in [0.15, 0.2) is 71.2 Å². The van der Waals surface area contributed by atoms with Crippen LogP contribution in [0.2, 0.25) is 0 Å². The van der Waals surface area contributed by atoms with Crippen molar-refractivity contribution in [3.8, 4) is 21.9 Å². The van der Waals surface area contributed by atoms with Crippen LogP contribution in [0.4, 0.5) is 5.69 Å². The van der Waals surface area contributed by atoms with Gasteiger partial charge in [0.1, 0.15) is 16.5 Å². The first kappa shape index (κ1) is 22.6. The van der Waals surface area contributed by atoms with Crippen LogP contribution in [0.1, 0.15) is 17.1 Å². The van der Waals surface area contributed by atoms with Crippen molar-refractivity contribution in [1.29, 1.82) is 0 Å². The number of amides is 1. The molecule has 0 radical (unpaired) electrons. The number of hydrogen-bond acceptors (Lipinski definition) is 7. The summed E-state index contributed by atoms with van der Waals surface area (Å²) in [6.45, 7) is 3.83. The van der Waals surface area contributed by atoms with Gasteiger partial charge in [-0.05, 0) is 55.9 Å². The molecule has 0 aliphatic carbocycles. The van der Waals surface area contributed by atoms with Crippen molar-refractivity contribution in [2.75, 3.05) is 5.32 Å². The zero-order valence-corrected chi connectivity index (χ0v) is 20.5. The van der Waals surface area contributed by atoms with Crippen molar-refractivity contribution in [3.63, 3.8) is 0 Å². The molecule has 0 saturated heterocycles. The highest BCUT2D eigenvalue weighted by molar-refractivity contribution is 7.80. The summed E-state index contributed by atoms with van der Waals surface area (Å²) < 4.78 is 7.51. The van der Waals surface area contributed by atoms with E-state index in [2.05, 4.69) is 25.9 Å². The average Bonchev–Trinajstić information content (AvgIpc) is 3.58. The lowest BCUT2D eigenvalue weighted by atomic mass is 10.1. The molecule has 35 heavy (non-hydrogen) atoms. The van der Waals surface area contributed by atoms with E-state index in [1.165, 1.54) is 17.4 Å². The predicted octanol–water partition coefficient (Wildman–Crippen LogP) is 5.26. The number of thiocarbonyl (C=S) groups is 1. The summed E-state index contributed by atoms with van der Waals surface area (Å²) in [7, 11) is 0. The number of nitrogens with one attached hydrogen (secondary N) is 2. The fraction of sp³-hybridized carbons (Fsp3) is 0.0800. The van der Waals surface area contributed by atoms with Gasteiger partial charge in [-0.25, -0.2) is 0 Å². The smallest absolute Gasteiger partial charge is 0.250 e. The highest BCUT2D eigenvalue weighted by Crippen LogP contribution is 2.31. The van der Waals surface area contributed by atoms with E-state index in [1.54, 1.807) is 10.6 Å². The molecule has 3 aromatic heterocycles. The maximum atomic E-state index is 12.4. The fourth-order valence-corrected chi connectivity index (χ4v) is 4.67. The number of benzene rings is 2. The van der Waals surface area contributed by atoms with Gasteiger partial charge in [-0.1, -0.05) is 53.8 Å². The van der Waals surface area contributed by atoms with Crippen LogP contribution in [0.25, 0.3) is 32.9 Å². The molecule has 1 amide bonds. The number of anilines is 1. The fourth-order valence-electron chi connectivity index (χ4n) is 3.49. The standard InChI is InChI=1S/C25H20N6O2S2/c1-15-19(23-30-31-16(2)28-29-25(31)35-23)9-6-10-20(15)26-24(34)27-22(32)14-12-18-11-13-21(33-18)17-7-4-3-5-8-17/h3-14H,1-2H3,(H2,26,27,32,34)/b14-12+. The van der Waals surface area contributed by atoms with Gasteiger partial charge in [0.15, 0.2) is 10.9 Å². The van der Waals surface area contributed by atoms with Crippen molar-refractivity contribution in [2.45, 2.75) is 13.8 Å². The molecule has 0 bridgehead atoms. The molecular weight excluding hydrogens is 480 g/mol. The molecule has 10 heteroatoms. The molecular formula is C25H20N6O2S2. The number of aryl methyl sites for hydroxylation is 1. The average molecular weight is 501 g/mol. The minimum Gasteiger partial charge on any atom is -0.457 e. The molecule has 3 heterocycles. The monoisotopic (exact) mass is 500 g/mol. The highest BCUT2D eigenvalue weighted by Gasteiger charge is 2.14. The molecule has 0 atom stereocenters. The first-order chi connectivity index (χ1) is 17.0. The second-order valence-electron chi connectivity index (χ2n) is 7.67. The van der Waals surface area contributed by atoms with Crippen LogP contribution in [0, 0.1) is 13.8 Å². The first-order valence-corrected chi connectivity index (χ1v) is 11.9. The second-order valence-corrected chi connectivity index (χ2v) is 9.04. The summed E-state index contributed by atoms with van der Waals surface area (Å²) in [5.41, 5.74) is 3.65. The van der Waals surface area contributed by atoms with Crippen LogP contribution >= 0.6 is 23.6 Å². The van der Waals surface area contributed by atoms with Crippen molar-refractivity contribution < 1.29 is 9.21 Å². The molecule has 0 fully saturated rings. The number of fused-ring (bicyclic) bond motifs is 1. The van der Waals surface area contributed by atoms with Crippen LogP contribution < -0.4 is 10.6 Å². The Morgan fingerprint density at radius 2 is 1.89 bits per heavy atom. The first-order valence-electron chi connectivity index (χ1n) is 10.7. The third-order valence-corrected chi connectivity index (χ3v) is 6.42.